The smallest absolute Gasteiger partial charge is 0.136 e. The molecule has 0 saturated carbocycles. The summed E-state index contributed by atoms with van der Waals surface area (Å²) in [5.41, 5.74) is 8.22. The fourth-order valence-corrected chi connectivity index (χ4v) is 3.91. The molecule has 0 spiro atoms. The zero-order valence-electron chi connectivity index (χ0n) is 16.9. The molecule has 5 heterocycles. The maximum atomic E-state index is 4.61. The number of aryl methyl sites for hydroxylation is 1. The first kappa shape index (κ1) is 17.6. The number of fused-ring (bicyclic) bond motifs is 2. The van der Waals surface area contributed by atoms with E-state index < -0.39 is 0 Å². The molecule has 0 bridgehead atoms. The van der Waals surface area contributed by atoms with Crippen molar-refractivity contribution >= 4 is 16.7 Å². The Morgan fingerprint density at radius 1 is 0.742 bits per heavy atom. The molecule has 7 heteroatoms. The Morgan fingerprint density at radius 2 is 1.65 bits per heavy atom. The van der Waals surface area contributed by atoms with E-state index in [2.05, 4.69) is 55.0 Å². The lowest BCUT2D eigenvalue weighted by atomic mass is 10.1. The number of pyridine rings is 2. The van der Waals surface area contributed by atoms with Gasteiger partial charge in [-0.15, -0.1) is 0 Å². The molecule has 0 aliphatic carbocycles. The lowest BCUT2D eigenvalue weighted by Gasteiger charge is -2.07. The largest absolute Gasteiger partial charge is 0.302 e. The average molecular weight is 405 g/mol. The van der Waals surface area contributed by atoms with Gasteiger partial charge in [0.25, 0.3) is 0 Å². The van der Waals surface area contributed by atoms with Crippen LogP contribution in [-0.4, -0.2) is 33.9 Å². The number of hydrogen-bond acceptors (Lipinski definition) is 4. The number of nitrogens with zero attached hydrogens (tertiary/aromatic N) is 7. The molecular formula is C24H19N7. The Labute approximate surface area is 178 Å². The zero-order chi connectivity index (χ0) is 20.8. The highest BCUT2D eigenvalue weighted by Gasteiger charge is 2.11. The Balaban J connectivity index is 1.41. The first-order valence-electron chi connectivity index (χ1n) is 10.1. The predicted molar refractivity (Wildman–Crippen MR) is 119 cm³/mol. The van der Waals surface area contributed by atoms with Crippen LogP contribution in [0.1, 0.15) is 5.69 Å². The molecule has 5 aromatic heterocycles. The van der Waals surface area contributed by atoms with Crippen LogP contribution in [0, 0.1) is 0 Å². The summed E-state index contributed by atoms with van der Waals surface area (Å²) in [7, 11) is 1.92. The van der Waals surface area contributed by atoms with Gasteiger partial charge in [-0.3, -0.25) is 14.3 Å². The van der Waals surface area contributed by atoms with Gasteiger partial charge in [0.2, 0.25) is 0 Å². The fourth-order valence-electron chi connectivity index (χ4n) is 3.91. The number of imidazole rings is 1. The van der Waals surface area contributed by atoms with Crippen LogP contribution < -0.4 is 0 Å². The normalized spacial score (nSPS) is 11.5. The SMILES string of the molecule is Cn1cc(-c2ccc3ncc(Cn4ncc5ncc(-c6ccccc6)cc54)n3c2)cn1. The van der Waals surface area contributed by atoms with E-state index in [0.29, 0.717) is 6.54 Å². The van der Waals surface area contributed by atoms with Gasteiger partial charge in [-0.05, 0) is 23.8 Å². The highest BCUT2D eigenvalue weighted by atomic mass is 15.3. The van der Waals surface area contributed by atoms with Gasteiger partial charge < -0.3 is 4.40 Å². The number of hydrogen-bond donors (Lipinski definition) is 0. The van der Waals surface area contributed by atoms with Crippen LogP contribution in [0.3, 0.4) is 0 Å². The van der Waals surface area contributed by atoms with Gasteiger partial charge in [-0.2, -0.15) is 10.2 Å². The molecule has 0 radical (unpaired) electrons. The highest BCUT2D eigenvalue weighted by molar-refractivity contribution is 5.80. The summed E-state index contributed by atoms with van der Waals surface area (Å²) < 4.78 is 5.90. The molecule has 7 nitrogen and oxygen atoms in total. The van der Waals surface area contributed by atoms with Crippen molar-refractivity contribution in [3.8, 4) is 22.3 Å². The van der Waals surface area contributed by atoms with E-state index in [0.717, 1.165) is 44.6 Å². The summed E-state index contributed by atoms with van der Waals surface area (Å²) in [6, 6.07) is 16.5. The lowest BCUT2D eigenvalue weighted by molar-refractivity contribution is 0.692. The molecule has 1 aromatic carbocycles. The number of aromatic nitrogens is 7. The van der Waals surface area contributed by atoms with Crippen LogP contribution in [0.2, 0.25) is 0 Å². The van der Waals surface area contributed by atoms with Crippen LogP contribution in [-0.2, 0) is 13.6 Å². The summed E-state index contributed by atoms with van der Waals surface area (Å²) in [5, 5.41) is 8.88. The summed E-state index contributed by atoms with van der Waals surface area (Å²) >= 11 is 0. The molecule has 0 N–H and O–H groups in total. The number of rotatable bonds is 4. The maximum Gasteiger partial charge on any atom is 0.136 e. The van der Waals surface area contributed by atoms with Crippen molar-refractivity contribution in [3.63, 3.8) is 0 Å². The Morgan fingerprint density at radius 3 is 2.48 bits per heavy atom. The first-order chi connectivity index (χ1) is 15.2. The van der Waals surface area contributed by atoms with Crippen molar-refractivity contribution in [2.45, 2.75) is 6.54 Å². The maximum absolute atomic E-state index is 4.61. The molecule has 31 heavy (non-hydrogen) atoms. The topological polar surface area (TPSA) is 65.8 Å². The Kier molecular flexibility index (Phi) is 3.92. The van der Waals surface area contributed by atoms with E-state index in [4.69, 9.17) is 0 Å². The molecule has 0 saturated heterocycles. The second-order valence-electron chi connectivity index (χ2n) is 7.59. The molecule has 0 aliphatic heterocycles. The molecule has 0 fully saturated rings. The molecule has 6 aromatic rings. The van der Waals surface area contributed by atoms with Crippen molar-refractivity contribution in [2.24, 2.45) is 7.05 Å². The van der Waals surface area contributed by atoms with E-state index in [-0.39, 0.29) is 0 Å². The van der Waals surface area contributed by atoms with Crippen molar-refractivity contribution in [1.82, 2.24) is 33.9 Å². The summed E-state index contributed by atoms with van der Waals surface area (Å²) in [4.78, 5) is 9.18. The van der Waals surface area contributed by atoms with Gasteiger partial charge in [-0.1, -0.05) is 30.3 Å². The third-order valence-electron chi connectivity index (χ3n) is 5.53. The Hall–Kier alpha value is -4.26. The summed E-state index contributed by atoms with van der Waals surface area (Å²) in [5.74, 6) is 0. The van der Waals surface area contributed by atoms with Crippen molar-refractivity contribution in [2.75, 3.05) is 0 Å². The van der Waals surface area contributed by atoms with Crippen LogP contribution in [0.4, 0.5) is 0 Å². The minimum atomic E-state index is 0.598. The summed E-state index contributed by atoms with van der Waals surface area (Å²) in [6.45, 7) is 0.598. The highest BCUT2D eigenvalue weighted by Crippen LogP contribution is 2.24. The standard InChI is InChI=1S/C24H19N7/c1-29-14-20(11-27-29)18-7-8-24-26-12-21(30(24)15-18)16-31-23-9-19(10-25-22(23)13-28-31)17-5-3-2-4-6-17/h2-15H,16H2,1H3. The second-order valence-corrected chi connectivity index (χ2v) is 7.59. The second kappa shape index (κ2) is 6.91. The zero-order valence-corrected chi connectivity index (χ0v) is 16.9. The van der Waals surface area contributed by atoms with E-state index in [1.807, 2.05) is 71.7 Å². The number of benzene rings is 1. The third kappa shape index (κ3) is 3.07. The fraction of sp³-hybridized carbons (Fsp3) is 0.0833. The van der Waals surface area contributed by atoms with Gasteiger partial charge >= 0.3 is 0 Å². The van der Waals surface area contributed by atoms with Crippen molar-refractivity contribution in [1.29, 1.82) is 0 Å². The van der Waals surface area contributed by atoms with E-state index in [1.165, 1.54) is 0 Å². The van der Waals surface area contributed by atoms with Crippen LogP contribution in [0.25, 0.3) is 38.9 Å². The lowest BCUT2D eigenvalue weighted by Crippen LogP contribution is -2.04. The molecule has 0 atom stereocenters. The monoisotopic (exact) mass is 405 g/mol. The minimum Gasteiger partial charge on any atom is -0.302 e. The minimum absolute atomic E-state index is 0.598. The molecule has 150 valence electrons. The first-order valence-corrected chi connectivity index (χ1v) is 10.1. The van der Waals surface area contributed by atoms with Gasteiger partial charge in [0.1, 0.15) is 11.2 Å². The van der Waals surface area contributed by atoms with Gasteiger partial charge in [0.15, 0.2) is 0 Å². The van der Waals surface area contributed by atoms with Crippen LogP contribution in [0.5, 0.6) is 0 Å². The quantitative estimate of drug-likeness (QED) is 0.441. The Bertz CT molecular complexity index is 1520. The van der Waals surface area contributed by atoms with Gasteiger partial charge in [0, 0.05) is 42.3 Å². The molecule has 0 unspecified atom stereocenters. The molecule has 6 rings (SSSR count). The van der Waals surface area contributed by atoms with Crippen molar-refractivity contribution in [3.05, 3.63) is 91.4 Å². The predicted octanol–water partition coefficient (Wildman–Crippen LogP) is 4.19. The average Bonchev–Trinajstić information content (AvgIpc) is 3.53. The van der Waals surface area contributed by atoms with Crippen molar-refractivity contribution < 1.29 is 0 Å². The van der Waals surface area contributed by atoms with Gasteiger partial charge in [-0.25, -0.2) is 4.98 Å². The van der Waals surface area contributed by atoms with E-state index >= 15 is 0 Å². The van der Waals surface area contributed by atoms with Crippen LogP contribution >= 0.6 is 0 Å². The summed E-state index contributed by atoms with van der Waals surface area (Å²) in [6.07, 6.45) is 11.6. The molecular weight excluding hydrogens is 386 g/mol. The molecule has 0 amide bonds. The van der Waals surface area contributed by atoms with Crippen LogP contribution in [0.15, 0.2) is 85.7 Å². The molecule has 0 aliphatic rings. The van der Waals surface area contributed by atoms with E-state index in [1.54, 1.807) is 0 Å². The van der Waals surface area contributed by atoms with E-state index in [9.17, 15) is 0 Å². The third-order valence-corrected chi connectivity index (χ3v) is 5.53. The van der Waals surface area contributed by atoms with Gasteiger partial charge in [0.05, 0.1) is 36.3 Å².